The van der Waals surface area contributed by atoms with Gasteiger partial charge in [0.15, 0.2) is 20.4 Å². The van der Waals surface area contributed by atoms with E-state index in [9.17, 15) is 0 Å². The molecular formula is C14H28O4Si. The van der Waals surface area contributed by atoms with E-state index in [-0.39, 0.29) is 29.6 Å². The minimum Gasteiger partial charge on any atom is -0.408 e. The van der Waals surface area contributed by atoms with Crippen molar-refractivity contribution in [3.05, 3.63) is 0 Å². The molecule has 2 fully saturated rings. The zero-order valence-electron chi connectivity index (χ0n) is 13.4. The van der Waals surface area contributed by atoms with Gasteiger partial charge in [0, 0.05) is 0 Å². The van der Waals surface area contributed by atoms with Crippen LogP contribution in [0.1, 0.15) is 41.5 Å². The van der Waals surface area contributed by atoms with Gasteiger partial charge in [0.25, 0.3) is 0 Å². The van der Waals surface area contributed by atoms with Crippen molar-refractivity contribution >= 4 is 8.32 Å². The fourth-order valence-electron chi connectivity index (χ4n) is 2.32. The van der Waals surface area contributed by atoms with Crippen molar-refractivity contribution in [1.29, 1.82) is 0 Å². The van der Waals surface area contributed by atoms with Crippen LogP contribution in [0.3, 0.4) is 0 Å². The van der Waals surface area contributed by atoms with Crippen molar-refractivity contribution < 1.29 is 18.6 Å². The summed E-state index contributed by atoms with van der Waals surface area (Å²) in [6.45, 7) is 17.1. The topological polar surface area (TPSA) is 36.9 Å². The van der Waals surface area contributed by atoms with E-state index in [1.807, 2.05) is 20.8 Å². The molecule has 0 aliphatic carbocycles. The fraction of sp³-hybridized carbons (Fsp3) is 1.00. The molecule has 0 spiro atoms. The molecule has 0 aromatic carbocycles. The minimum absolute atomic E-state index is 0.0141. The van der Waals surface area contributed by atoms with Gasteiger partial charge in [0.2, 0.25) is 0 Å². The van der Waals surface area contributed by atoms with Gasteiger partial charge in [-0.1, -0.05) is 20.8 Å². The van der Waals surface area contributed by atoms with E-state index in [1.54, 1.807) is 0 Å². The Labute approximate surface area is 117 Å². The van der Waals surface area contributed by atoms with Crippen molar-refractivity contribution in [3.8, 4) is 0 Å². The van der Waals surface area contributed by atoms with Crippen molar-refractivity contribution in [2.24, 2.45) is 0 Å². The normalized spacial score (nSPS) is 38.5. The van der Waals surface area contributed by atoms with Gasteiger partial charge in [-0.15, -0.1) is 0 Å². The minimum atomic E-state index is -1.83. The number of hydrogen-bond donors (Lipinski definition) is 0. The highest BCUT2D eigenvalue weighted by Gasteiger charge is 2.56. The van der Waals surface area contributed by atoms with Crippen LogP contribution in [-0.4, -0.2) is 38.7 Å². The fourth-order valence-corrected chi connectivity index (χ4v) is 3.68. The zero-order valence-corrected chi connectivity index (χ0v) is 14.4. The number of ether oxygens (including phenoxy) is 3. The van der Waals surface area contributed by atoms with Gasteiger partial charge in [0.05, 0.1) is 6.10 Å². The molecule has 4 atom stereocenters. The standard InChI is InChI=1S/C14H28O4Si/c1-9-10(18-19(7,8)13(2,3)4)11-12(15-9)17-14(5,6)16-11/h9-12H,1-8H3/t9-,10+,11-,12-/m1/s1. The molecule has 112 valence electrons. The van der Waals surface area contributed by atoms with E-state index in [2.05, 4.69) is 33.9 Å². The monoisotopic (exact) mass is 288 g/mol. The summed E-state index contributed by atoms with van der Waals surface area (Å²) in [4.78, 5) is 0. The molecule has 0 amide bonds. The molecule has 0 radical (unpaired) electrons. The summed E-state index contributed by atoms with van der Waals surface area (Å²) in [6, 6.07) is 0. The quantitative estimate of drug-likeness (QED) is 0.731. The van der Waals surface area contributed by atoms with Crippen LogP contribution in [0.25, 0.3) is 0 Å². The third-order valence-corrected chi connectivity index (χ3v) is 8.93. The third-order valence-electron chi connectivity index (χ3n) is 4.46. The zero-order chi connectivity index (χ0) is 14.6. The lowest BCUT2D eigenvalue weighted by Gasteiger charge is -2.40. The molecule has 2 rings (SSSR count). The van der Waals surface area contributed by atoms with Crippen LogP contribution >= 0.6 is 0 Å². The van der Waals surface area contributed by atoms with Gasteiger partial charge in [-0.05, 0) is 38.9 Å². The van der Waals surface area contributed by atoms with Crippen molar-refractivity contribution in [3.63, 3.8) is 0 Å². The summed E-state index contributed by atoms with van der Waals surface area (Å²) in [7, 11) is -1.83. The van der Waals surface area contributed by atoms with Crippen molar-refractivity contribution in [1.82, 2.24) is 0 Å². The first-order chi connectivity index (χ1) is 8.43. The number of hydrogen-bond acceptors (Lipinski definition) is 4. The molecule has 0 aromatic heterocycles. The van der Waals surface area contributed by atoms with Gasteiger partial charge in [-0.2, -0.15) is 0 Å². The van der Waals surface area contributed by atoms with Crippen molar-refractivity contribution in [2.45, 2.75) is 90.1 Å². The van der Waals surface area contributed by atoms with E-state index in [0.717, 1.165) is 0 Å². The van der Waals surface area contributed by atoms with Crippen molar-refractivity contribution in [2.75, 3.05) is 0 Å². The summed E-state index contributed by atoms with van der Waals surface area (Å²) in [5, 5.41) is 0.180. The average molecular weight is 288 g/mol. The molecule has 0 aromatic rings. The van der Waals surface area contributed by atoms with Crippen LogP contribution in [0.15, 0.2) is 0 Å². The van der Waals surface area contributed by atoms with Crippen LogP contribution in [0, 0.1) is 0 Å². The summed E-state index contributed by atoms with van der Waals surface area (Å²) in [5.41, 5.74) is 0. The first kappa shape index (κ1) is 15.4. The second kappa shape index (κ2) is 4.53. The second-order valence-corrected chi connectivity index (χ2v) is 12.4. The Bertz CT molecular complexity index is 348. The highest BCUT2D eigenvalue weighted by atomic mass is 28.4. The smallest absolute Gasteiger partial charge is 0.192 e. The van der Waals surface area contributed by atoms with E-state index < -0.39 is 14.1 Å². The summed E-state index contributed by atoms with van der Waals surface area (Å²) in [6.07, 6.45) is -0.424. The van der Waals surface area contributed by atoms with Gasteiger partial charge in [-0.25, -0.2) is 0 Å². The highest BCUT2D eigenvalue weighted by Crippen LogP contribution is 2.43. The predicted molar refractivity (Wildman–Crippen MR) is 76.4 cm³/mol. The first-order valence-electron chi connectivity index (χ1n) is 7.12. The molecule has 2 heterocycles. The van der Waals surface area contributed by atoms with Crippen LogP contribution < -0.4 is 0 Å². The molecule has 2 aliphatic heterocycles. The molecule has 0 saturated carbocycles. The van der Waals surface area contributed by atoms with Gasteiger partial charge in [0.1, 0.15) is 12.2 Å². The number of fused-ring (bicyclic) bond motifs is 1. The lowest BCUT2D eigenvalue weighted by atomic mass is 10.2. The third kappa shape index (κ3) is 2.90. The highest BCUT2D eigenvalue weighted by molar-refractivity contribution is 6.74. The van der Waals surface area contributed by atoms with Gasteiger partial charge < -0.3 is 18.6 Å². The molecule has 0 bridgehead atoms. The summed E-state index contributed by atoms with van der Waals surface area (Å²) < 4.78 is 24.1. The molecule has 4 nitrogen and oxygen atoms in total. The van der Waals surface area contributed by atoms with E-state index in [0.29, 0.717) is 0 Å². The van der Waals surface area contributed by atoms with Crippen LogP contribution in [-0.2, 0) is 18.6 Å². The Kier molecular flexibility index (Phi) is 3.68. The molecular weight excluding hydrogens is 260 g/mol. The first-order valence-corrected chi connectivity index (χ1v) is 10.0. The maximum absolute atomic E-state index is 6.49. The second-order valence-electron chi connectivity index (χ2n) is 7.65. The molecule has 2 aliphatic rings. The van der Waals surface area contributed by atoms with Crippen LogP contribution in [0.2, 0.25) is 18.1 Å². The Hall–Kier alpha value is 0.0569. The van der Waals surface area contributed by atoms with Crippen LogP contribution in [0.5, 0.6) is 0 Å². The van der Waals surface area contributed by atoms with Gasteiger partial charge in [-0.3, -0.25) is 0 Å². The maximum atomic E-state index is 6.49. The Balaban J connectivity index is 2.12. The largest absolute Gasteiger partial charge is 0.408 e. The molecule has 2 saturated heterocycles. The molecule has 19 heavy (non-hydrogen) atoms. The van der Waals surface area contributed by atoms with E-state index >= 15 is 0 Å². The van der Waals surface area contributed by atoms with Crippen LogP contribution in [0.4, 0.5) is 0 Å². The lowest BCUT2D eigenvalue weighted by Crippen LogP contribution is -2.49. The predicted octanol–water partition coefficient (Wildman–Crippen LogP) is 3.27. The SMILES string of the molecule is C[C@H]1O[C@@H]2OC(C)(C)O[C@@H]2[C@H]1O[Si](C)(C)C(C)(C)C. The number of rotatable bonds is 2. The lowest BCUT2D eigenvalue weighted by molar-refractivity contribution is -0.211. The summed E-state index contributed by atoms with van der Waals surface area (Å²) in [5.74, 6) is -0.579. The average Bonchev–Trinajstić information content (AvgIpc) is 2.59. The Morgan fingerprint density at radius 2 is 1.68 bits per heavy atom. The molecule has 5 heteroatoms. The Morgan fingerprint density at radius 3 is 2.21 bits per heavy atom. The summed E-state index contributed by atoms with van der Waals surface area (Å²) >= 11 is 0. The van der Waals surface area contributed by atoms with E-state index in [1.165, 1.54) is 0 Å². The Morgan fingerprint density at radius 1 is 1.11 bits per heavy atom. The molecule has 0 unspecified atom stereocenters. The van der Waals surface area contributed by atoms with Gasteiger partial charge >= 0.3 is 0 Å². The molecule has 0 N–H and O–H groups in total. The maximum Gasteiger partial charge on any atom is 0.192 e. The van der Waals surface area contributed by atoms with E-state index in [4.69, 9.17) is 18.6 Å².